The predicted octanol–water partition coefficient (Wildman–Crippen LogP) is 0.903. The van der Waals surface area contributed by atoms with Crippen molar-refractivity contribution in [3.63, 3.8) is 0 Å². The number of carbonyl (C=O) groups excluding carboxylic acids is 1. The third kappa shape index (κ3) is 3.35. The molecule has 0 saturated carbocycles. The minimum atomic E-state index is -0.347. The van der Waals surface area contributed by atoms with Crippen molar-refractivity contribution in [3.05, 3.63) is 64.5 Å². The largest absolute Gasteiger partial charge is 0.394 e. The van der Waals surface area contributed by atoms with Crippen molar-refractivity contribution >= 4 is 11.6 Å². The van der Waals surface area contributed by atoms with E-state index in [2.05, 4.69) is 10.1 Å². The number of nitrogens with zero attached hydrogens (tertiary/aromatic N) is 5. The number of piperidine rings is 1. The van der Waals surface area contributed by atoms with Crippen LogP contribution in [0.4, 0.5) is 0 Å². The SMILES string of the molecule is O=C(c1cnc2ccccn2c1=O)N1CCCC(c2ccn(CCO)n2)C1. The van der Waals surface area contributed by atoms with Crippen LogP contribution in [0.25, 0.3) is 5.65 Å². The third-order valence-electron chi connectivity index (χ3n) is 4.96. The van der Waals surface area contributed by atoms with Gasteiger partial charge in [-0.15, -0.1) is 0 Å². The van der Waals surface area contributed by atoms with Crippen molar-refractivity contribution in [2.24, 2.45) is 0 Å². The lowest BCUT2D eigenvalue weighted by Gasteiger charge is -2.31. The highest BCUT2D eigenvalue weighted by atomic mass is 16.3. The van der Waals surface area contributed by atoms with Crippen LogP contribution in [0.15, 0.2) is 47.7 Å². The number of carbonyl (C=O) groups is 1. The molecule has 140 valence electrons. The monoisotopic (exact) mass is 367 g/mol. The van der Waals surface area contributed by atoms with E-state index in [1.165, 1.54) is 10.6 Å². The van der Waals surface area contributed by atoms with Crippen molar-refractivity contribution in [1.29, 1.82) is 0 Å². The normalized spacial score (nSPS) is 17.4. The maximum atomic E-state index is 13.0. The Morgan fingerprint density at radius 3 is 3.00 bits per heavy atom. The van der Waals surface area contributed by atoms with E-state index in [1.54, 1.807) is 34.0 Å². The third-order valence-corrected chi connectivity index (χ3v) is 4.96. The number of likely N-dealkylation sites (tertiary alicyclic amines) is 1. The molecule has 0 aromatic carbocycles. The molecule has 4 heterocycles. The van der Waals surface area contributed by atoms with Gasteiger partial charge in [0.25, 0.3) is 11.5 Å². The zero-order chi connectivity index (χ0) is 18.8. The molecular weight excluding hydrogens is 346 g/mol. The molecule has 27 heavy (non-hydrogen) atoms. The molecule has 0 bridgehead atoms. The van der Waals surface area contributed by atoms with Crippen LogP contribution in [0.1, 0.15) is 34.8 Å². The molecule has 8 heteroatoms. The van der Waals surface area contributed by atoms with Crippen LogP contribution in [0.5, 0.6) is 0 Å². The van der Waals surface area contributed by atoms with Crippen molar-refractivity contribution in [3.8, 4) is 0 Å². The highest BCUT2D eigenvalue weighted by Crippen LogP contribution is 2.26. The van der Waals surface area contributed by atoms with Crippen LogP contribution in [-0.2, 0) is 6.54 Å². The molecule has 1 aliphatic rings. The van der Waals surface area contributed by atoms with Gasteiger partial charge in [0.2, 0.25) is 0 Å². The second-order valence-corrected chi connectivity index (χ2v) is 6.72. The van der Waals surface area contributed by atoms with Crippen LogP contribution in [0, 0.1) is 0 Å². The molecule has 1 atom stereocenters. The first-order valence-corrected chi connectivity index (χ1v) is 9.07. The number of rotatable bonds is 4. The molecule has 4 rings (SSSR count). The number of fused-ring (bicyclic) bond motifs is 1. The predicted molar refractivity (Wildman–Crippen MR) is 98.7 cm³/mol. The van der Waals surface area contributed by atoms with E-state index in [9.17, 15) is 9.59 Å². The molecule has 1 saturated heterocycles. The van der Waals surface area contributed by atoms with E-state index in [0.29, 0.717) is 25.3 Å². The molecule has 0 aliphatic carbocycles. The Balaban J connectivity index is 1.56. The molecular formula is C19H21N5O3. The Kier molecular flexibility index (Phi) is 4.72. The Bertz CT molecular complexity index is 1030. The second-order valence-electron chi connectivity index (χ2n) is 6.72. The summed E-state index contributed by atoms with van der Waals surface area (Å²) >= 11 is 0. The Morgan fingerprint density at radius 1 is 1.26 bits per heavy atom. The number of hydrogen-bond acceptors (Lipinski definition) is 5. The fourth-order valence-electron chi connectivity index (χ4n) is 3.57. The van der Waals surface area contributed by atoms with E-state index in [0.717, 1.165) is 18.5 Å². The molecule has 1 N–H and O–H groups in total. The lowest BCUT2D eigenvalue weighted by atomic mass is 9.94. The van der Waals surface area contributed by atoms with E-state index < -0.39 is 0 Å². The number of pyridine rings is 1. The number of aliphatic hydroxyl groups excluding tert-OH is 1. The van der Waals surface area contributed by atoms with Crippen LogP contribution in [0.2, 0.25) is 0 Å². The summed E-state index contributed by atoms with van der Waals surface area (Å²) in [6.45, 7) is 1.62. The topological polar surface area (TPSA) is 92.7 Å². The molecule has 1 aliphatic heterocycles. The highest BCUT2D eigenvalue weighted by molar-refractivity contribution is 5.93. The van der Waals surface area contributed by atoms with Crippen molar-refractivity contribution < 1.29 is 9.90 Å². The molecule has 1 fully saturated rings. The number of hydrogen-bond donors (Lipinski definition) is 1. The Labute approximate surface area is 155 Å². The molecule has 1 unspecified atom stereocenters. The van der Waals surface area contributed by atoms with Gasteiger partial charge in [0, 0.05) is 37.6 Å². The van der Waals surface area contributed by atoms with Gasteiger partial charge >= 0.3 is 0 Å². The first kappa shape index (κ1) is 17.4. The van der Waals surface area contributed by atoms with Crippen LogP contribution in [0.3, 0.4) is 0 Å². The van der Waals surface area contributed by atoms with Gasteiger partial charge in [-0.1, -0.05) is 6.07 Å². The van der Waals surface area contributed by atoms with Gasteiger partial charge in [-0.05, 0) is 31.0 Å². The highest BCUT2D eigenvalue weighted by Gasteiger charge is 2.28. The number of amides is 1. The van der Waals surface area contributed by atoms with Gasteiger partial charge in [-0.25, -0.2) is 4.98 Å². The van der Waals surface area contributed by atoms with Gasteiger partial charge in [-0.3, -0.25) is 18.7 Å². The standard InChI is InChI=1S/C19H21N5O3/c25-11-10-23-9-6-16(21-23)14-4-3-7-22(13-14)18(26)15-12-20-17-5-1-2-8-24(17)19(15)27/h1-2,5-6,8-9,12,14,25H,3-4,7,10-11,13H2. The molecule has 0 spiro atoms. The van der Waals surface area contributed by atoms with E-state index in [4.69, 9.17) is 5.11 Å². The molecule has 0 radical (unpaired) electrons. The Morgan fingerprint density at radius 2 is 2.15 bits per heavy atom. The minimum absolute atomic E-state index is 0.0370. The maximum absolute atomic E-state index is 13.0. The summed E-state index contributed by atoms with van der Waals surface area (Å²) in [6, 6.07) is 7.20. The first-order valence-electron chi connectivity index (χ1n) is 9.07. The van der Waals surface area contributed by atoms with Gasteiger partial charge in [0.1, 0.15) is 11.2 Å². The summed E-state index contributed by atoms with van der Waals surface area (Å²) in [5.41, 5.74) is 1.17. The quantitative estimate of drug-likeness (QED) is 0.740. The number of aromatic nitrogens is 4. The summed E-state index contributed by atoms with van der Waals surface area (Å²) in [5, 5.41) is 13.5. The first-order chi connectivity index (χ1) is 13.2. The zero-order valence-corrected chi connectivity index (χ0v) is 14.9. The molecule has 3 aromatic rings. The average Bonchev–Trinajstić information content (AvgIpc) is 3.17. The van der Waals surface area contributed by atoms with Gasteiger partial charge in [-0.2, -0.15) is 5.10 Å². The van der Waals surface area contributed by atoms with E-state index in [1.807, 2.05) is 12.3 Å². The van der Waals surface area contributed by atoms with Crippen LogP contribution in [-0.4, -0.2) is 54.8 Å². The van der Waals surface area contributed by atoms with Crippen LogP contribution < -0.4 is 5.56 Å². The summed E-state index contributed by atoms with van der Waals surface area (Å²) in [5.74, 6) is -0.163. The Hall–Kier alpha value is -3.00. The van der Waals surface area contributed by atoms with Crippen LogP contribution >= 0.6 is 0 Å². The smallest absolute Gasteiger partial charge is 0.270 e. The summed E-state index contributed by atoms with van der Waals surface area (Å²) in [6.07, 6.45) is 6.63. The van der Waals surface area contributed by atoms with Gasteiger partial charge in [0.05, 0.1) is 18.8 Å². The lowest BCUT2D eigenvalue weighted by molar-refractivity contribution is 0.0703. The summed E-state index contributed by atoms with van der Waals surface area (Å²) in [4.78, 5) is 31.6. The fourth-order valence-corrected chi connectivity index (χ4v) is 3.57. The van der Waals surface area contributed by atoms with Crippen molar-refractivity contribution in [1.82, 2.24) is 24.1 Å². The van der Waals surface area contributed by atoms with Crippen molar-refractivity contribution in [2.45, 2.75) is 25.3 Å². The van der Waals surface area contributed by atoms with E-state index in [-0.39, 0.29) is 29.6 Å². The molecule has 1 amide bonds. The van der Waals surface area contributed by atoms with E-state index >= 15 is 0 Å². The zero-order valence-electron chi connectivity index (χ0n) is 14.9. The molecule has 8 nitrogen and oxygen atoms in total. The molecule has 3 aromatic heterocycles. The average molecular weight is 367 g/mol. The van der Waals surface area contributed by atoms with Gasteiger partial charge < -0.3 is 10.0 Å². The van der Waals surface area contributed by atoms with Gasteiger partial charge in [0.15, 0.2) is 0 Å². The maximum Gasteiger partial charge on any atom is 0.270 e. The fraction of sp³-hybridized carbons (Fsp3) is 0.368. The summed E-state index contributed by atoms with van der Waals surface area (Å²) in [7, 11) is 0. The second kappa shape index (κ2) is 7.32. The lowest BCUT2D eigenvalue weighted by Crippen LogP contribution is -2.41. The van der Waals surface area contributed by atoms with Crippen molar-refractivity contribution in [2.75, 3.05) is 19.7 Å². The number of aliphatic hydroxyl groups is 1. The summed E-state index contributed by atoms with van der Waals surface area (Å²) < 4.78 is 3.10. The minimum Gasteiger partial charge on any atom is -0.394 e.